The highest BCUT2D eigenvalue weighted by molar-refractivity contribution is 6.33. The first-order valence-electron chi connectivity index (χ1n) is 6.68. The lowest BCUT2D eigenvalue weighted by molar-refractivity contribution is 0.0844. The van der Waals surface area contributed by atoms with E-state index < -0.39 is 17.6 Å². The molecule has 0 spiro atoms. The Morgan fingerprint density at radius 2 is 1.74 bits per heavy atom. The summed E-state index contributed by atoms with van der Waals surface area (Å²) in [6.07, 6.45) is 0. The van der Waals surface area contributed by atoms with Crippen molar-refractivity contribution in [3.05, 3.63) is 70.6 Å². The maximum Gasteiger partial charge on any atom is 0.286 e. The normalized spacial score (nSPS) is 10.5. The van der Waals surface area contributed by atoms with Crippen LogP contribution in [0.1, 0.15) is 20.8 Å². The van der Waals surface area contributed by atoms with Crippen LogP contribution >= 0.6 is 11.6 Å². The summed E-state index contributed by atoms with van der Waals surface area (Å²) in [6, 6.07) is 12.1. The molecule has 0 fully saturated rings. The van der Waals surface area contributed by atoms with Crippen LogP contribution in [-0.4, -0.2) is 16.8 Å². The van der Waals surface area contributed by atoms with Crippen LogP contribution in [0.3, 0.4) is 0 Å². The molecule has 7 heteroatoms. The number of nitrogens with one attached hydrogen (secondary N) is 3. The Kier molecular flexibility index (Phi) is 3.99. The molecule has 3 aromatic rings. The first-order chi connectivity index (χ1) is 11.0. The molecule has 0 saturated carbocycles. The van der Waals surface area contributed by atoms with Gasteiger partial charge in [0, 0.05) is 10.9 Å². The van der Waals surface area contributed by atoms with Crippen LogP contribution in [0.4, 0.5) is 4.39 Å². The van der Waals surface area contributed by atoms with Crippen molar-refractivity contribution < 1.29 is 14.0 Å². The Hall–Kier alpha value is -2.86. The molecule has 23 heavy (non-hydrogen) atoms. The summed E-state index contributed by atoms with van der Waals surface area (Å²) in [6.45, 7) is 0. The minimum atomic E-state index is -0.554. The van der Waals surface area contributed by atoms with E-state index in [1.807, 2.05) is 0 Å². The number of amides is 2. The number of aromatic nitrogens is 1. The molecule has 0 aliphatic carbocycles. The fraction of sp³-hybridized carbons (Fsp3) is 0. The third-order valence-corrected chi connectivity index (χ3v) is 3.57. The largest absolute Gasteiger partial charge is 0.350 e. The van der Waals surface area contributed by atoms with Gasteiger partial charge in [0.05, 0.1) is 10.6 Å². The van der Waals surface area contributed by atoms with Gasteiger partial charge in [0.1, 0.15) is 11.5 Å². The van der Waals surface area contributed by atoms with Crippen LogP contribution in [0.15, 0.2) is 48.5 Å². The molecule has 1 aromatic heterocycles. The molecule has 1 heterocycles. The highest BCUT2D eigenvalue weighted by atomic mass is 35.5. The van der Waals surface area contributed by atoms with Crippen LogP contribution in [0.2, 0.25) is 5.02 Å². The fourth-order valence-corrected chi connectivity index (χ4v) is 2.34. The number of hydrogen-bond acceptors (Lipinski definition) is 2. The lowest BCUT2D eigenvalue weighted by Crippen LogP contribution is -2.41. The van der Waals surface area contributed by atoms with Crippen molar-refractivity contribution in [2.24, 2.45) is 0 Å². The van der Waals surface area contributed by atoms with E-state index in [9.17, 15) is 14.0 Å². The molecule has 3 rings (SSSR count). The van der Waals surface area contributed by atoms with E-state index in [2.05, 4.69) is 15.8 Å². The van der Waals surface area contributed by atoms with E-state index in [0.717, 1.165) is 0 Å². The van der Waals surface area contributed by atoms with Gasteiger partial charge in [0.15, 0.2) is 0 Å². The van der Waals surface area contributed by atoms with Crippen LogP contribution in [0.25, 0.3) is 10.9 Å². The van der Waals surface area contributed by atoms with E-state index >= 15 is 0 Å². The molecule has 2 amide bonds. The van der Waals surface area contributed by atoms with Crippen LogP contribution < -0.4 is 10.9 Å². The van der Waals surface area contributed by atoms with Crippen LogP contribution in [-0.2, 0) is 0 Å². The van der Waals surface area contributed by atoms with E-state index in [4.69, 9.17) is 11.6 Å². The minimum Gasteiger partial charge on any atom is -0.350 e. The second-order valence-corrected chi connectivity index (χ2v) is 5.21. The fourth-order valence-electron chi connectivity index (χ4n) is 2.12. The molecule has 0 unspecified atom stereocenters. The second kappa shape index (κ2) is 6.10. The van der Waals surface area contributed by atoms with Crippen molar-refractivity contribution in [1.82, 2.24) is 15.8 Å². The SMILES string of the molecule is O=C(NNC(=O)c1ccccc1Cl)c1cc2cc(F)ccc2[nH]1. The van der Waals surface area contributed by atoms with Gasteiger partial charge in [0.25, 0.3) is 11.8 Å². The third-order valence-electron chi connectivity index (χ3n) is 3.24. The van der Waals surface area contributed by atoms with E-state index in [0.29, 0.717) is 10.9 Å². The number of fused-ring (bicyclic) bond motifs is 1. The molecule has 0 aliphatic heterocycles. The van der Waals surface area contributed by atoms with Crippen molar-refractivity contribution in [3.63, 3.8) is 0 Å². The molecule has 2 aromatic carbocycles. The summed E-state index contributed by atoms with van der Waals surface area (Å²) in [5, 5.41) is 0.841. The average Bonchev–Trinajstić information content (AvgIpc) is 2.95. The molecule has 116 valence electrons. The van der Waals surface area contributed by atoms with E-state index in [1.54, 1.807) is 18.2 Å². The van der Waals surface area contributed by atoms with Gasteiger partial charge in [-0.05, 0) is 36.4 Å². The lowest BCUT2D eigenvalue weighted by atomic mass is 10.2. The summed E-state index contributed by atoms with van der Waals surface area (Å²) in [5.74, 6) is -1.48. The first kappa shape index (κ1) is 15.1. The van der Waals surface area contributed by atoms with Crippen molar-refractivity contribution >= 4 is 34.3 Å². The Bertz CT molecular complexity index is 907. The van der Waals surface area contributed by atoms with Gasteiger partial charge in [-0.2, -0.15) is 0 Å². The van der Waals surface area contributed by atoms with E-state index in [1.165, 1.54) is 30.3 Å². The predicted octanol–water partition coefficient (Wildman–Crippen LogP) is 3.04. The van der Waals surface area contributed by atoms with Gasteiger partial charge in [-0.1, -0.05) is 23.7 Å². The van der Waals surface area contributed by atoms with Crippen LogP contribution in [0.5, 0.6) is 0 Å². The molecular weight excluding hydrogens is 321 g/mol. The maximum absolute atomic E-state index is 13.1. The second-order valence-electron chi connectivity index (χ2n) is 4.80. The summed E-state index contributed by atoms with van der Waals surface area (Å²) in [7, 11) is 0. The van der Waals surface area contributed by atoms with Gasteiger partial charge in [0.2, 0.25) is 0 Å². The predicted molar refractivity (Wildman–Crippen MR) is 84.6 cm³/mol. The van der Waals surface area contributed by atoms with Crippen molar-refractivity contribution in [2.45, 2.75) is 0 Å². The molecule has 0 aliphatic rings. The quantitative estimate of drug-likeness (QED) is 0.631. The summed E-state index contributed by atoms with van der Waals surface area (Å²) < 4.78 is 13.1. The summed E-state index contributed by atoms with van der Waals surface area (Å²) in [5.41, 5.74) is 5.62. The van der Waals surface area contributed by atoms with Gasteiger partial charge >= 0.3 is 0 Å². The number of hydrazine groups is 1. The van der Waals surface area contributed by atoms with Gasteiger partial charge < -0.3 is 4.98 Å². The standard InChI is InChI=1S/C16H11ClFN3O2/c17-12-4-2-1-3-11(12)15(22)20-21-16(23)14-8-9-7-10(18)5-6-13(9)19-14/h1-8,19H,(H,20,22)(H,21,23). The molecular formula is C16H11ClFN3O2. The Balaban J connectivity index is 1.71. The number of benzene rings is 2. The maximum atomic E-state index is 13.1. The van der Waals surface area contributed by atoms with E-state index in [-0.39, 0.29) is 16.3 Å². The molecule has 0 radical (unpaired) electrons. The van der Waals surface area contributed by atoms with Crippen molar-refractivity contribution in [3.8, 4) is 0 Å². The Morgan fingerprint density at radius 3 is 2.52 bits per heavy atom. The highest BCUT2D eigenvalue weighted by Gasteiger charge is 2.13. The zero-order valence-corrected chi connectivity index (χ0v) is 12.4. The monoisotopic (exact) mass is 331 g/mol. The zero-order valence-electron chi connectivity index (χ0n) is 11.7. The topological polar surface area (TPSA) is 74.0 Å². The smallest absolute Gasteiger partial charge is 0.286 e. The van der Waals surface area contributed by atoms with Gasteiger partial charge in [-0.15, -0.1) is 0 Å². The molecule has 3 N–H and O–H groups in total. The highest BCUT2D eigenvalue weighted by Crippen LogP contribution is 2.17. The van der Waals surface area contributed by atoms with Crippen LogP contribution in [0, 0.1) is 5.82 Å². The van der Waals surface area contributed by atoms with Gasteiger partial charge in [-0.25, -0.2) is 4.39 Å². The molecule has 0 bridgehead atoms. The van der Waals surface area contributed by atoms with Crippen molar-refractivity contribution in [2.75, 3.05) is 0 Å². The van der Waals surface area contributed by atoms with Gasteiger partial charge in [-0.3, -0.25) is 20.4 Å². The van der Waals surface area contributed by atoms with Crippen molar-refractivity contribution in [1.29, 1.82) is 0 Å². The number of rotatable bonds is 2. The molecule has 5 nitrogen and oxygen atoms in total. The third kappa shape index (κ3) is 3.17. The number of H-pyrrole nitrogens is 1. The molecule has 0 atom stereocenters. The number of carbonyl (C=O) groups excluding carboxylic acids is 2. The summed E-state index contributed by atoms with van der Waals surface area (Å²) in [4.78, 5) is 26.8. The Labute approximate surface area is 135 Å². The number of aromatic amines is 1. The number of hydrogen-bond donors (Lipinski definition) is 3. The minimum absolute atomic E-state index is 0.199. The lowest BCUT2D eigenvalue weighted by Gasteiger charge is -2.07. The number of halogens is 2. The molecule has 0 saturated heterocycles. The zero-order chi connectivity index (χ0) is 16.4. The average molecular weight is 332 g/mol. The number of carbonyl (C=O) groups is 2. The summed E-state index contributed by atoms with van der Waals surface area (Å²) >= 11 is 5.90. The first-order valence-corrected chi connectivity index (χ1v) is 7.06. The Morgan fingerprint density at radius 1 is 1.00 bits per heavy atom.